The van der Waals surface area contributed by atoms with Crippen molar-refractivity contribution in [3.63, 3.8) is 0 Å². The number of hydrogen-bond donors (Lipinski definition) is 1. The highest BCUT2D eigenvalue weighted by Gasteiger charge is 2.29. The fourth-order valence-electron chi connectivity index (χ4n) is 2.57. The lowest BCUT2D eigenvalue weighted by molar-refractivity contribution is 0.0221. The van der Waals surface area contributed by atoms with E-state index in [1.165, 1.54) is 25.7 Å². The molecule has 102 valence electrons. The van der Waals surface area contributed by atoms with E-state index in [2.05, 4.69) is 6.07 Å². The molecule has 1 aromatic rings. The molecule has 0 aromatic heterocycles. The van der Waals surface area contributed by atoms with Gasteiger partial charge in [0, 0.05) is 0 Å². The Bertz CT molecular complexity index is 418. The first kappa shape index (κ1) is 14.0. The maximum atomic E-state index is 9.37. The first-order chi connectivity index (χ1) is 9.24. The van der Waals surface area contributed by atoms with Crippen LogP contribution in [-0.2, 0) is 10.3 Å². The number of nitrogens with zero attached hydrogens (tertiary/aromatic N) is 1. The largest absolute Gasteiger partial charge is 0.375 e. The molecular formula is C16H22N2O. The van der Waals surface area contributed by atoms with Gasteiger partial charge >= 0.3 is 0 Å². The second-order valence-electron chi connectivity index (χ2n) is 5.37. The molecule has 2 N–H and O–H groups in total. The van der Waals surface area contributed by atoms with Crippen LogP contribution in [0.15, 0.2) is 30.3 Å². The molecule has 19 heavy (non-hydrogen) atoms. The lowest BCUT2D eigenvalue weighted by atomic mass is 9.93. The van der Waals surface area contributed by atoms with Gasteiger partial charge in [-0.25, -0.2) is 0 Å². The summed E-state index contributed by atoms with van der Waals surface area (Å²) in [6.45, 7) is 0.276. The molecule has 1 atom stereocenters. The Labute approximate surface area is 115 Å². The minimum atomic E-state index is -1.03. The van der Waals surface area contributed by atoms with Gasteiger partial charge < -0.3 is 10.5 Å². The summed E-state index contributed by atoms with van der Waals surface area (Å²) in [5, 5.41) is 9.37. The molecule has 3 heteroatoms. The highest BCUT2D eigenvalue weighted by molar-refractivity contribution is 5.30. The predicted octanol–water partition coefficient (Wildman–Crippen LogP) is 3.10. The normalized spacial score (nSPS) is 20.2. The molecule has 0 bridgehead atoms. The standard InChI is InChI=1S/C16H22N2O/c17-12-16(18,14-8-4-3-5-9-14)13-19-15-10-6-1-2-7-11-15/h3-5,8-9,15H,1-2,6-7,10-11,13,18H2. The summed E-state index contributed by atoms with van der Waals surface area (Å²) in [5.41, 5.74) is 5.98. The van der Waals surface area contributed by atoms with Crippen LogP contribution in [0.1, 0.15) is 44.1 Å². The molecule has 1 aliphatic carbocycles. The topological polar surface area (TPSA) is 59.0 Å². The Hall–Kier alpha value is -1.37. The molecule has 1 aliphatic rings. The monoisotopic (exact) mass is 258 g/mol. The van der Waals surface area contributed by atoms with Crippen molar-refractivity contribution < 1.29 is 4.74 Å². The van der Waals surface area contributed by atoms with E-state index in [9.17, 15) is 5.26 Å². The van der Waals surface area contributed by atoms with Crippen molar-refractivity contribution in [1.29, 1.82) is 5.26 Å². The summed E-state index contributed by atoms with van der Waals surface area (Å²) in [6, 6.07) is 11.7. The average Bonchev–Trinajstić information content (AvgIpc) is 2.74. The lowest BCUT2D eigenvalue weighted by Gasteiger charge is -2.25. The first-order valence-electron chi connectivity index (χ1n) is 7.12. The van der Waals surface area contributed by atoms with E-state index in [4.69, 9.17) is 10.5 Å². The Morgan fingerprint density at radius 2 is 1.79 bits per heavy atom. The van der Waals surface area contributed by atoms with E-state index in [0.29, 0.717) is 0 Å². The number of ether oxygens (including phenoxy) is 1. The maximum absolute atomic E-state index is 9.37. The average molecular weight is 258 g/mol. The minimum absolute atomic E-state index is 0.266. The molecule has 1 aromatic carbocycles. The van der Waals surface area contributed by atoms with Gasteiger partial charge in [-0.1, -0.05) is 56.0 Å². The summed E-state index contributed by atoms with van der Waals surface area (Å²) in [7, 11) is 0. The summed E-state index contributed by atoms with van der Waals surface area (Å²) >= 11 is 0. The SMILES string of the molecule is N#CC(N)(COC1CCCCCC1)c1ccccc1. The van der Waals surface area contributed by atoms with Crippen molar-refractivity contribution in [1.82, 2.24) is 0 Å². The van der Waals surface area contributed by atoms with E-state index in [0.717, 1.165) is 18.4 Å². The van der Waals surface area contributed by atoms with Gasteiger partial charge in [-0.05, 0) is 18.4 Å². The van der Waals surface area contributed by atoms with E-state index >= 15 is 0 Å². The summed E-state index contributed by atoms with van der Waals surface area (Å²) in [5.74, 6) is 0. The number of hydrogen-bond acceptors (Lipinski definition) is 3. The van der Waals surface area contributed by atoms with Gasteiger partial charge in [0.05, 0.1) is 18.8 Å². The van der Waals surface area contributed by atoms with Crippen LogP contribution in [0.3, 0.4) is 0 Å². The Kier molecular flexibility index (Phi) is 4.95. The molecular weight excluding hydrogens is 236 g/mol. The smallest absolute Gasteiger partial charge is 0.153 e. The van der Waals surface area contributed by atoms with Crippen LogP contribution < -0.4 is 5.73 Å². The molecule has 0 amide bonds. The van der Waals surface area contributed by atoms with Crippen LogP contribution in [-0.4, -0.2) is 12.7 Å². The zero-order valence-electron chi connectivity index (χ0n) is 11.3. The summed E-state index contributed by atoms with van der Waals surface area (Å²) in [6.07, 6.45) is 7.49. The molecule has 1 saturated carbocycles. The number of benzene rings is 1. The first-order valence-corrected chi connectivity index (χ1v) is 7.12. The molecule has 0 radical (unpaired) electrons. The zero-order valence-corrected chi connectivity index (χ0v) is 11.3. The van der Waals surface area contributed by atoms with Crippen LogP contribution in [0.25, 0.3) is 0 Å². The van der Waals surface area contributed by atoms with Crippen LogP contribution in [0.4, 0.5) is 0 Å². The lowest BCUT2D eigenvalue weighted by Crippen LogP contribution is -2.41. The fraction of sp³-hybridized carbons (Fsp3) is 0.562. The summed E-state index contributed by atoms with van der Waals surface area (Å²) in [4.78, 5) is 0. The maximum Gasteiger partial charge on any atom is 0.153 e. The highest BCUT2D eigenvalue weighted by Crippen LogP contribution is 2.23. The van der Waals surface area contributed by atoms with Crippen molar-refractivity contribution in [3.8, 4) is 6.07 Å². The molecule has 0 heterocycles. The van der Waals surface area contributed by atoms with E-state index < -0.39 is 5.54 Å². The number of nitriles is 1. The van der Waals surface area contributed by atoms with Gasteiger partial charge in [0.2, 0.25) is 0 Å². The van der Waals surface area contributed by atoms with Crippen molar-refractivity contribution in [2.45, 2.75) is 50.2 Å². The van der Waals surface area contributed by atoms with Crippen LogP contribution in [0, 0.1) is 11.3 Å². The Morgan fingerprint density at radius 1 is 1.16 bits per heavy atom. The van der Waals surface area contributed by atoms with Crippen molar-refractivity contribution in [2.75, 3.05) is 6.61 Å². The Balaban J connectivity index is 1.97. The van der Waals surface area contributed by atoms with E-state index in [1.807, 2.05) is 30.3 Å². The van der Waals surface area contributed by atoms with Gasteiger partial charge in [-0.3, -0.25) is 0 Å². The van der Waals surface area contributed by atoms with E-state index in [1.54, 1.807) is 0 Å². The van der Waals surface area contributed by atoms with Crippen LogP contribution in [0.2, 0.25) is 0 Å². The third kappa shape index (κ3) is 3.79. The number of nitrogens with two attached hydrogens (primary N) is 1. The zero-order chi connectivity index (χ0) is 13.6. The molecule has 0 spiro atoms. The van der Waals surface area contributed by atoms with Gasteiger partial charge in [0.15, 0.2) is 5.54 Å². The van der Waals surface area contributed by atoms with Crippen LogP contribution in [0.5, 0.6) is 0 Å². The molecule has 0 saturated heterocycles. The fourth-order valence-corrected chi connectivity index (χ4v) is 2.57. The van der Waals surface area contributed by atoms with Crippen molar-refractivity contribution >= 4 is 0 Å². The van der Waals surface area contributed by atoms with Gasteiger partial charge in [-0.15, -0.1) is 0 Å². The Morgan fingerprint density at radius 3 is 2.37 bits per heavy atom. The van der Waals surface area contributed by atoms with Gasteiger partial charge in [0.1, 0.15) is 0 Å². The highest BCUT2D eigenvalue weighted by atomic mass is 16.5. The van der Waals surface area contributed by atoms with Gasteiger partial charge in [0.25, 0.3) is 0 Å². The molecule has 3 nitrogen and oxygen atoms in total. The van der Waals surface area contributed by atoms with Gasteiger partial charge in [-0.2, -0.15) is 5.26 Å². The quantitative estimate of drug-likeness (QED) is 0.844. The van der Waals surface area contributed by atoms with Crippen molar-refractivity contribution in [3.05, 3.63) is 35.9 Å². The second kappa shape index (κ2) is 6.70. The third-order valence-electron chi connectivity index (χ3n) is 3.84. The van der Waals surface area contributed by atoms with Crippen molar-refractivity contribution in [2.24, 2.45) is 5.73 Å². The van der Waals surface area contributed by atoms with E-state index in [-0.39, 0.29) is 12.7 Å². The molecule has 1 fully saturated rings. The molecule has 1 unspecified atom stereocenters. The third-order valence-corrected chi connectivity index (χ3v) is 3.84. The molecule has 2 rings (SSSR count). The predicted molar refractivity (Wildman–Crippen MR) is 75.4 cm³/mol. The summed E-state index contributed by atoms with van der Waals surface area (Å²) < 4.78 is 5.93. The second-order valence-corrected chi connectivity index (χ2v) is 5.37. The number of rotatable bonds is 4. The van der Waals surface area contributed by atoms with Crippen LogP contribution >= 0.6 is 0 Å². The molecule has 0 aliphatic heterocycles. The minimum Gasteiger partial charge on any atom is -0.375 e.